The minimum Gasteiger partial charge on any atom is -0.398 e. The van der Waals surface area contributed by atoms with Crippen molar-refractivity contribution in [1.29, 1.82) is 0 Å². The number of fused-ring (bicyclic) bond motifs is 1. The molecule has 1 aromatic carbocycles. The Morgan fingerprint density at radius 2 is 2.16 bits per heavy atom. The number of nitrogens with two attached hydrogens (primary N) is 1. The van der Waals surface area contributed by atoms with Crippen LogP contribution >= 0.6 is 11.3 Å². The normalized spacial score (nSPS) is 10.8. The number of anilines is 2. The molecule has 0 unspecified atom stereocenters. The number of benzene rings is 1. The van der Waals surface area contributed by atoms with Crippen LogP contribution in [-0.2, 0) is 6.54 Å². The summed E-state index contributed by atoms with van der Waals surface area (Å²) in [6, 6.07) is 5.96. The van der Waals surface area contributed by atoms with Crippen molar-refractivity contribution in [3.05, 3.63) is 46.7 Å². The molecule has 19 heavy (non-hydrogen) atoms. The topological polar surface area (TPSA) is 63.8 Å². The van der Waals surface area contributed by atoms with Crippen LogP contribution in [0.4, 0.5) is 11.4 Å². The molecule has 0 spiro atoms. The van der Waals surface area contributed by atoms with Crippen LogP contribution in [0.1, 0.15) is 11.4 Å². The Labute approximate surface area is 115 Å². The fraction of sp³-hybridized carbons (Fsp3) is 0.143. The predicted octanol–water partition coefficient (Wildman–Crippen LogP) is 3.19. The van der Waals surface area contributed by atoms with Crippen LogP contribution in [0.15, 0.2) is 35.3 Å². The summed E-state index contributed by atoms with van der Waals surface area (Å²) in [7, 11) is 0. The fourth-order valence-electron chi connectivity index (χ4n) is 2.03. The molecule has 4 nitrogen and oxygen atoms in total. The Balaban J connectivity index is 1.98. The van der Waals surface area contributed by atoms with Gasteiger partial charge >= 0.3 is 0 Å². The van der Waals surface area contributed by atoms with Gasteiger partial charge in [-0.3, -0.25) is 4.98 Å². The number of hydrogen-bond acceptors (Lipinski definition) is 5. The number of nitrogens with one attached hydrogen (secondary N) is 1. The van der Waals surface area contributed by atoms with Crippen molar-refractivity contribution in [3.8, 4) is 0 Å². The van der Waals surface area contributed by atoms with Gasteiger partial charge in [-0.25, -0.2) is 4.98 Å². The van der Waals surface area contributed by atoms with E-state index < -0.39 is 0 Å². The lowest BCUT2D eigenvalue weighted by Crippen LogP contribution is -2.01. The first-order valence-corrected chi connectivity index (χ1v) is 6.94. The summed E-state index contributed by atoms with van der Waals surface area (Å²) in [5.74, 6) is 0. The van der Waals surface area contributed by atoms with Crippen molar-refractivity contribution in [1.82, 2.24) is 9.97 Å². The lowest BCUT2D eigenvalue weighted by Gasteiger charge is -2.11. The smallest absolute Gasteiger partial charge is 0.0795 e. The predicted molar refractivity (Wildman–Crippen MR) is 80.3 cm³/mol. The Kier molecular flexibility index (Phi) is 3.05. The summed E-state index contributed by atoms with van der Waals surface area (Å²) in [5, 5.41) is 7.53. The van der Waals surface area contributed by atoms with Crippen molar-refractivity contribution in [3.63, 3.8) is 0 Å². The van der Waals surface area contributed by atoms with Gasteiger partial charge in [0.1, 0.15) is 0 Å². The molecule has 0 saturated carbocycles. The molecule has 0 aliphatic rings. The van der Waals surface area contributed by atoms with E-state index in [0.717, 1.165) is 33.5 Å². The zero-order valence-electron chi connectivity index (χ0n) is 10.6. The van der Waals surface area contributed by atoms with Crippen LogP contribution in [-0.4, -0.2) is 9.97 Å². The summed E-state index contributed by atoms with van der Waals surface area (Å²) < 4.78 is 0. The Hall–Kier alpha value is -2.14. The molecule has 0 amide bonds. The summed E-state index contributed by atoms with van der Waals surface area (Å²) >= 11 is 1.60. The average Bonchev–Trinajstić information content (AvgIpc) is 2.91. The van der Waals surface area contributed by atoms with Crippen molar-refractivity contribution in [2.24, 2.45) is 0 Å². The van der Waals surface area contributed by atoms with E-state index in [1.807, 2.05) is 36.1 Å². The first-order valence-electron chi connectivity index (χ1n) is 6.00. The van der Waals surface area contributed by atoms with E-state index in [-0.39, 0.29) is 0 Å². The fourth-order valence-corrected chi connectivity index (χ4v) is 2.59. The minimum absolute atomic E-state index is 0.712. The zero-order valence-corrected chi connectivity index (χ0v) is 11.4. The average molecular weight is 270 g/mol. The Morgan fingerprint density at radius 1 is 1.26 bits per heavy atom. The number of aromatic nitrogens is 2. The second-order valence-electron chi connectivity index (χ2n) is 4.41. The van der Waals surface area contributed by atoms with Gasteiger partial charge in [0, 0.05) is 39.4 Å². The van der Waals surface area contributed by atoms with E-state index in [9.17, 15) is 0 Å². The van der Waals surface area contributed by atoms with Crippen molar-refractivity contribution >= 4 is 33.5 Å². The van der Waals surface area contributed by atoms with Crippen LogP contribution in [0, 0.1) is 6.92 Å². The molecule has 0 aliphatic carbocycles. The van der Waals surface area contributed by atoms with E-state index in [4.69, 9.17) is 5.73 Å². The van der Waals surface area contributed by atoms with Crippen LogP contribution in [0.25, 0.3) is 10.8 Å². The maximum atomic E-state index is 5.99. The molecule has 3 rings (SSSR count). The number of thiazole rings is 1. The van der Waals surface area contributed by atoms with Gasteiger partial charge in [0.05, 0.1) is 17.7 Å². The highest BCUT2D eigenvalue weighted by atomic mass is 32.1. The third kappa shape index (κ3) is 2.37. The highest BCUT2D eigenvalue weighted by Crippen LogP contribution is 2.28. The molecule has 5 heteroatoms. The second kappa shape index (κ2) is 4.85. The Morgan fingerprint density at radius 3 is 2.95 bits per heavy atom. The largest absolute Gasteiger partial charge is 0.398 e. The van der Waals surface area contributed by atoms with Gasteiger partial charge in [-0.15, -0.1) is 11.3 Å². The first kappa shape index (κ1) is 11.9. The molecule has 0 atom stereocenters. The molecule has 96 valence electrons. The zero-order chi connectivity index (χ0) is 13.2. The molecule has 0 aliphatic heterocycles. The first-order chi connectivity index (χ1) is 9.24. The van der Waals surface area contributed by atoms with E-state index >= 15 is 0 Å². The van der Waals surface area contributed by atoms with Crippen LogP contribution in [0.3, 0.4) is 0 Å². The van der Waals surface area contributed by atoms with Crippen molar-refractivity contribution in [2.75, 3.05) is 11.1 Å². The number of hydrogen-bond donors (Lipinski definition) is 2. The molecule has 3 N–H and O–H groups in total. The number of nitrogens with zero attached hydrogens (tertiary/aromatic N) is 2. The second-order valence-corrected chi connectivity index (χ2v) is 5.13. The number of pyridine rings is 1. The van der Waals surface area contributed by atoms with Gasteiger partial charge in [-0.1, -0.05) is 0 Å². The molecular weight excluding hydrogens is 256 g/mol. The Bertz CT molecular complexity index is 707. The van der Waals surface area contributed by atoms with E-state index in [1.165, 1.54) is 0 Å². The van der Waals surface area contributed by atoms with E-state index in [2.05, 4.69) is 21.4 Å². The SMILES string of the molecule is Cc1cc2c(NCc3cscn3)ccc(N)c2cn1. The van der Waals surface area contributed by atoms with Gasteiger partial charge < -0.3 is 11.1 Å². The molecule has 2 aromatic heterocycles. The number of aryl methyl sites for hydroxylation is 1. The van der Waals surface area contributed by atoms with Crippen molar-refractivity contribution in [2.45, 2.75) is 13.5 Å². The van der Waals surface area contributed by atoms with Gasteiger partial charge in [-0.2, -0.15) is 0 Å². The summed E-state index contributed by atoms with van der Waals surface area (Å²) in [6.45, 7) is 2.69. The molecule has 0 fully saturated rings. The monoisotopic (exact) mass is 270 g/mol. The summed E-state index contributed by atoms with van der Waals surface area (Å²) in [6.07, 6.45) is 1.83. The number of nitrogen functional groups attached to an aromatic ring is 1. The molecular formula is C14H14N4S. The maximum absolute atomic E-state index is 5.99. The molecule has 0 saturated heterocycles. The van der Waals surface area contributed by atoms with Gasteiger partial charge in [-0.05, 0) is 25.1 Å². The molecule has 0 radical (unpaired) electrons. The molecule has 2 heterocycles. The standard InChI is InChI=1S/C14H14N4S/c1-9-4-11-12(6-16-9)13(15)2-3-14(11)17-5-10-7-19-8-18-10/h2-4,6-8,17H,5,15H2,1H3. The van der Waals surface area contributed by atoms with Gasteiger partial charge in [0.2, 0.25) is 0 Å². The number of rotatable bonds is 3. The van der Waals surface area contributed by atoms with E-state index in [1.54, 1.807) is 11.3 Å². The van der Waals surface area contributed by atoms with Crippen LogP contribution in [0.2, 0.25) is 0 Å². The molecule has 0 bridgehead atoms. The summed E-state index contributed by atoms with van der Waals surface area (Å²) in [5.41, 5.74) is 11.7. The summed E-state index contributed by atoms with van der Waals surface area (Å²) in [4.78, 5) is 8.57. The quantitative estimate of drug-likeness (QED) is 0.717. The van der Waals surface area contributed by atoms with Crippen LogP contribution in [0.5, 0.6) is 0 Å². The van der Waals surface area contributed by atoms with E-state index in [0.29, 0.717) is 6.54 Å². The van der Waals surface area contributed by atoms with Gasteiger partial charge in [0.25, 0.3) is 0 Å². The van der Waals surface area contributed by atoms with Crippen molar-refractivity contribution < 1.29 is 0 Å². The lowest BCUT2D eigenvalue weighted by atomic mass is 10.1. The highest BCUT2D eigenvalue weighted by molar-refractivity contribution is 7.07. The maximum Gasteiger partial charge on any atom is 0.0795 e. The molecule has 3 aromatic rings. The van der Waals surface area contributed by atoms with Gasteiger partial charge in [0.15, 0.2) is 0 Å². The third-order valence-corrected chi connectivity index (χ3v) is 3.65. The van der Waals surface area contributed by atoms with Crippen LogP contribution < -0.4 is 11.1 Å². The third-order valence-electron chi connectivity index (χ3n) is 3.01. The minimum atomic E-state index is 0.712. The lowest BCUT2D eigenvalue weighted by molar-refractivity contribution is 1.08. The highest BCUT2D eigenvalue weighted by Gasteiger charge is 2.05.